The molecule has 2 heterocycles. The van der Waals surface area contributed by atoms with Gasteiger partial charge in [-0.25, -0.2) is 4.39 Å². The lowest BCUT2D eigenvalue weighted by molar-refractivity contribution is -0.148. The highest BCUT2D eigenvalue weighted by Gasteiger charge is 2.44. The van der Waals surface area contributed by atoms with Crippen molar-refractivity contribution >= 4 is 11.8 Å². The number of nitrogens with zero attached hydrogens (tertiary/aromatic N) is 1. The van der Waals surface area contributed by atoms with Crippen LogP contribution in [0.4, 0.5) is 4.39 Å². The van der Waals surface area contributed by atoms with Crippen molar-refractivity contribution in [3.8, 4) is 11.1 Å². The molecule has 2 aliphatic rings. The van der Waals surface area contributed by atoms with Crippen LogP contribution in [0.15, 0.2) is 48.5 Å². The van der Waals surface area contributed by atoms with Gasteiger partial charge in [-0.2, -0.15) is 0 Å². The van der Waals surface area contributed by atoms with Crippen LogP contribution in [0.25, 0.3) is 11.1 Å². The average molecular weight is 425 g/mol. The van der Waals surface area contributed by atoms with E-state index in [9.17, 15) is 14.0 Å². The lowest BCUT2D eigenvalue weighted by Crippen LogP contribution is -2.55. The molecule has 0 saturated carbocycles. The van der Waals surface area contributed by atoms with Crippen LogP contribution in [-0.4, -0.2) is 49.6 Å². The van der Waals surface area contributed by atoms with E-state index in [2.05, 4.69) is 5.32 Å². The van der Waals surface area contributed by atoms with Crippen LogP contribution in [0.3, 0.4) is 0 Å². The molecule has 2 aromatic rings. The lowest BCUT2D eigenvalue weighted by atomic mass is 9.74. The third-order valence-corrected chi connectivity index (χ3v) is 6.48. The van der Waals surface area contributed by atoms with Crippen LogP contribution in [0, 0.1) is 11.2 Å². The molecule has 0 aliphatic carbocycles. The fraction of sp³-hybridized carbons (Fsp3) is 0.440. The van der Waals surface area contributed by atoms with Gasteiger partial charge in [0, 0.05) is 32.3 Å². The number of amides is 2. The Morgan fingerprint density at radius 2 is 1.94 bits per heavy atom. The number of carbonyl (C=O) groups excluding carboxylic acids is 2. The van der Waals surface area contributed by atoms with Crippen molar-refractivity contribution in [1.29, 1.82) is 0 Å². The van der Waals surface area contributed by atoms with Crippen LogP contribution in [-0.2, 0) is 20.7 Å². The first-order valence-corrected chi connectivity index (χ1v) is 11.0. The minimum atomic E-state index is -0.680. The molecule has 4 rings (SSSR count). The Labute approximate surface area is 182 Å². The van der Waals surface area contributed by atoms with E-state index < -0.39 is 5.41 Å². The van der Waals surface area contributed by atoms with Gasteiger partial charge in [-0.3, -0.25) is 9.59 Å². The third kappa shape index (κ3) is 4.49. The van der Waals surface area contributed by atoms with E-state index >= 15 is 0 Å². The largest absolute Gasteiger partial charge is 0.368 e. The highest BCUT2D eigenvalue weighted by Crippen LogP contribution is 2.35. The highest BCUT2D eigenvalue weighted by molar-refractivity contribution is 5.86. The van der Waals surface area contributed by atoms with Gasteiger partial charge in [-0.1, -0.05) is 42.5 Å². The Morgan fingerprint density at radius 1 is 1.16 bits per heavy atom. The van der Waals surface area contributed by atoms with Gasteiger partial charge in [0.1, 0.15) is 11.9 Å². The van der Waals surface area contributed by atoms with E-state index in [1.165, 1.54) is 6.07 Å². The first kappa shape index (κ1) is 21.5. The Hall–Kier alpha value is -2.73. The van der Waals surface area contributed by atoms with Gasteiger partial charge in [0.15, 0.2) is 0 Å². The maximum absolute atomic E-state index is 14.1. The lowest BCUT2D eigenvalue weighted by Gasteiger charge is -2.42. The van der Waals surface area contributed by atoms with E-state index in [1.54, 1.807) is 19.2 Å². The van der Waals surface area contributed by atoms with Gasteiger partial charge in [-0.05, 0) is 49.3 Å². The Bertz CT molecular complexity index is 940. The summed E-state index contributed by atoms with van der Waals surface area (Å²) in [7, 11) is 1.65. The highest BCUT2D eigenvalue weighted by atomic mass is 19.1. The summed E-state index contributed by atoms with van der Waals surface area (Å²) in [6.07, 6.45) is 3.30. The monoisotopic (exact) mass is 424 g/mol. The Morgan fingerprint density at radius 3 is 2.61 bits per heavy atom. The number of ether oxygens (including phenoxy) is 1. The summed E-state index contributed by atoms with van der Waals surface area (Å²) in [5.74, 6) is -0.302. The zero-order valence-electron chi connectivity index (χ0n) is 17.9. The van der Waals surface area contributed by atoms with Gasteiger partial charge in [0.25, 0.3) is 5.91 Å². The van der Waals surface area contributed by atoms with Crippen LogP contribution in [0.1, 0.15) is 31.2 Å². The van der Waals surface area contributed by atoms with Crippen molar-refractivity contribution in [1.82, 2.24) is 10.2 Å². The summed E-state index contributed by atoms with van der Waals surface area (Å²) >= 11 is 0. The number of likely N-dealkylation sites (tertiary alicyclic amines) is 1. The molecule has 2 aliphatic heterocycles. The molecule has 2 saturated heterocycles. The smallest absolute Gasteiger partial charge is 0.251 e. The van der Waals surface area contributed by atoms with Crippen molar-refractivity contribution in [2.24, 2.45) is 5.41 Å². The molecule has 0 bridgehead atoms. The van der Waals surface area contributed by atoms with Gasteiger partial charge in [0.05, 0.1) is 5.41 Å². The molecular weight excluding hydrogens is 395 g/mol. The number of hydrogen-bond acceptors (Lipinski definition) is 3. The van der Waals surface area contributed by atoms with E-state index in [-0.39, 0.29) is 23.7 Å². The SMILES string of the molecule is CNC(=O)[C@]1(Cc2ccc(-c3ccccc3F)cc2)CCCN(C(=O)[C@H]2CCCO2)C1. The average Bonchev–Trinajstić information content (AvgIpc) is 3.34. The summed E-state index contributed by atoms with van der Waals surface area (Å²) in [5.41, 5.74) is 1.67. The van der Waals surface area contributed by atoms with Gasteiger partial charge in [-0.15, -0.1) is 0 Å². The van der Waals surface area contributed by atoms with Gasteiger partial charge < -0.3 is 15.0 Å². The maximum atomic E-state index is 14.1. The number of halogens is 1. The molecule has 6 heteroatoms. The van der Waals surface area contributed by atoms with Crippen molar-refractivity contribution in [3.05, 3.63) is 59.9 Å². The molecule has 2 aromatic carbocycles. The molecule has 164 valence electrons. The summed E-state index contributed by atoms with van der Waals surface area (Å²) in [5, 5.41) is 2.81. The standard InChI is InChI=1S/C25H29FN2O3/c1-27-24(30)25(13-5-14-28(17-25)23(29)22-8-4-15-31-22)16-18-9-11-19(12-10-18)20-6-2-3-7-21(20)26/h2-3,6-7,9-12,22H,4-5,8,13-17H2,1H3,(H,27,30)/t22-,25+/m1/s1. The van der Waals surface area contributed by atoms with Crippen molar-refractivity contribution in [2.45, 2.75) is 38.2 Å². The molecule has 1 N–H and O–H groups in total. The number of carbonyl (C=O) groups is 2. The van der Waals surface area contributed by atoms with Gasteiger partial charge in [0.2, 0.25) is 5.91 Å². The van der Waals surface area contributed by atoms with E-state index in [1.807, 2.05) is 35.2 Å². The van der Waals surface area contributed by atoms with E-state index in [4.69, 9.17) is 4.74 Å². The molecule has 2 amide bonds. The van der Waals surface area contributed by atoms with Crippen LogP contribution >= 0.6 is 0 Å². The zero-order chi connectivity index (χ0) is 21.8. The third-order valence-electron chi connectivity index (χ3n) is 6.48. The number of benzene rings is 2. The van der Waals surface area contributed by atoms with Crippen molar-refractivity contribution in [2.75, 3.05) is 26.7 Å². The first-order valence-electron chi connectivity index (χ1n) is 11.0. The normalized spacial score (nSPS) is 23.5. The second-order valence-corrected chi connectivity index (χ2v) is 8.58. The van der Waals surface area contributed by atoms with Crippen LogP contribution in [0.2, 0.25) is 0 Å². The predicted octanol–water partition coefficient (Wildman–Crippen LogP) is 3.57. The number of nitrogens with one attached hydrogen (secondary N) is 1. The number of hydrogen-bond donors (Lipinski definition) is 1. The van der Waals surface area contributed by atoms with Crippen molar-refractivity contribution < 1.29 is 18.7 Å². The minimum absolute atomic E-state index is 0.000351. The molecular formula is C25H29FN2O3. The van der Waals surface area contributed by atoms with Gasteiger partial charge >= 0.3 is 0 Å². The van der Waals surface area contributed by atoms with E-state index in [0.717, 1.165) is 36.8 Å². The Kier molecular flexibility index (Phi) is 6.37. The molecule has 2 fully saturated rings. The van der Waals surface area contributed by atoms with Crippen LogP contribution in [0.5, 0.6) is 0 Å². The quantitative estimate of drug-likeness (QED) is 0.798. The summed E-state index contributed by atoms with van der Waals surface area (Å²) in [4.78, 5) is 27.7. The van der Waals surface area contributed by atoms with E-state index in [0.29, 0.717) is 31.7 Å². The summed E-state index contributed by atoms with van der Waals surface area (Å²) in [6.45, 7) is 1.67. The molecule has 0 radical (unpaired) electrons. The van der Waals surface area contributed by atoms with Crippen molar-refractivity contribution in [3.63, 3.8) is 0 Å². The fourth-order valence-corrected chi connectivity index (χ4v) is 4.86. The second kappa shape index (κ2) is 9.18. The predicted molar refractivity (Wildman–Crippen MR) is 117 cm³/mol. The zero-order valence-corrected chi connectivity index (χ0v) is 17.9. The molecule has 31 heavy (non-hydrogen) atoms. The number of rotatable bonds is 5. The molecule has 0 unspecified atom stereocenters. The number of piperidine rings is 1. The second-order valence-electron chi connectivity index (χ2n) is 8.58. The molecule has 5 nitrogen and oxygen atoms in total. The maximum Gasteiger partial charge on any atom is 0.251 e. The summed E-state index contributed by atoms with van der Waals surface area (Å²) < 4.78 is 19.7. The fourth-order valence-electron chi connectivity index (χ4n) is 4.86. The topological polar surface area (TPSA) is 58.6 Å². The molecule has 2 atom stereocenters. The Balaban J connectivity index is 1.54. The summed E-state index contributed by atoms with van der Waals surface area (Å²) in [6, 6.07) is 14.4. The first-order chi connectivity index (χ1) is 15.0. The van der Waals surface area contributed by atoms with Crippen LogP contribution < -0.4 is 5.32 Å². The molecule has 0 aromatic heterocycles. The minimum Gasteiger partial charge on any atom is -0.368 e. The molecule has 0 spiro atoms.